The number of carbonyl (C=O) groups excluding carboxylic acids is 1. The molecule has 1 N–H and O–H groups in total. The smallest absolute Gasteiger partial charge is 0.186 e. The zero-order valence-electron chi connectivity index (χ0n) is 12.4. The number of nitrogens with one attached hydrogen (secondary N) is 1. The molecule has 1 aliphatic rings. The van der Waals surface area contributed by atoms with Gasteiger partial charge in [-0.25, -0.2) is 4.98 Å². The summed E-state index contributed by atoms with van der Waals surface area (Å²) in [6.45, 7) is 4.11. The van der Waals surface area contributed by atoms with Gasteiger partial charge in [0.1, 0.15) is 0 Å². The standard InChI is InChI=1S/C15H18N4OS2/c1-11(20)22-15-2-4-16-7-12(15)6-13-3-5-19(18-13)8-14-9-21-10-17-14/h3,5-6,9-10,15-16H,2,4,7-8H2,1H3. The van der Waals surface area contributed by atoms with Crippen LogP contribution < -0.4 is 5.32 Å². The highest BCUT2D eigenvalue weighted by Gasteiger charge is 2.21. The van der Waals surface area contributed by atoms with Crippen molar-refractivity contribution in [2.45, 2.75) is 25.1 Å². The van der Waals surface area contributed by atoms with Gasteiger partial charge in [0.2, 0.25) is 0 Å². The third kappa shape index (κ3) is 4.06. The van der Waals surface area contributed by atoms with Crippen molar-refractivity contribution >= 4 is 34.3 Å². The average Bonchev–Trinajstić information content (AvgIpc) is 3.13. The summed E-state index contributed by atoms with van der Waals surface area (Å²) in [6.07, 6.45) is 5.05. The molecule has 0 aromatic carbocycles. The minimum Gasteiger partial charge on any atom is -0.313 e. The van der Waals surface area contributed by atoms with Gasteiger partial charge in [0.25, 0.3) is 0 Å². The van der Waals surface area contributed by atoms with Gasteiger partial charge in [0.15, 0.2) is 5.12 Å². The molecule has 22 heavy (non-hydrogen) atoms. The molecule has 5 nitrogen and oxygen atoms in total. The normalized spacial score (nSPS) is 20.4. The van der Waals surface area contributed by atoms with Crippen molar-refractivity contribution in [2.24, 2.45) is 0 Å². The fraction of sp³-hybridized carbons (Fsp3) is 0.400. The summed E-state index contributed by atoms with van der Waals surface area (Å²) in [4.78, 5) is 15.7. The van der Waals surface area contributed by atoms with Crippen LogP contribution in [0.2, 0.25) is 0 Å². The Kier molecular flexibility index (Phi) is 5.07. The van der Waals surface area contributed by atoms with Gasteiger partial charge < -0.3 is 5.32 Å². The molecule has 0 spiro atoms. The molecule has 2 aromatic rings. The van der Waals surface area contributed by atoms with E-state index >= 15 is 0 Å². The van der Waals surface area contributed by atoms with E-state index in [1.807, 2.05) is 27.8 Å². The van der Waals surface area contributed by atoms with Crippen LogP contribution in [0.15, 0.2) is 28.7 Å². The summed E-state index contributed by atoms with van der Waals surface area (Å²) in [5, 5.41) is 10.4. The lowest BCUT2D eigenvalue weighted by atomic mass is 10.0. The van der Waals surface area contributed by atoms with Gasteiger partial charge in [-0.3, -0.25) is 9.48 Å². The molecule has 3 rings (SSSR count). The number of piperidine rings is 1. The lowest BCUT2D eigenvalue weighted by molar-refractivity contribution is -0.109. The van der Waals surface area contributed by atoms with E-state index in [9.17, 15) is 4.79 Å². The highest BCUT2D eigenvalue weighted by Crippen LogP contribution is 2.26. The number of hydrogen-bond acceptors (Lipinski definition) is 6. The Balaban J connectivity index is 1.72. The van der Waals surface area contributed by atoms with E-state index in [2.05, 4.69) is 21.5 Å². The minimum absolute atomic E-state index is 0.173. The van der Waals surface area contributed by atoms with Crippen LogP contribution in [0.3, 0.4) is 0 Å². The summed E-state index contributed by atoms with van der Waals surface area (Å²) >= 11 is 3.02. The molecule has 0 bridgehead atoms. The van der Waals surface area contributed by atoms with Gasteiger partial charge in [-0.05, 0) is 30.7 Å². The second-order valence-corrected chi connectivity index (χ2v) is 7.30. The first-order chi connectivity index (χ1) is 10.7. The predicted octanol–water partition coefficient (Wildman–Crippen LogP) is 2.41. The second kappa shape index (κ2) is 7.21. The molecule has 1 aliphatic heterocycles. The number of rotatable bonds is 4. The third-order valence-corrected chi connectivity index (χ3v) is 5.23. The summed E-state index contributed by atoms with van der Waals surface area (Å²) in [5.74, 6) is 0. The Labute approximate surface area is 137 Å². The first kappa shape index (κ1) is 15.5. The van der Waals surface area contributed by atoms with Crippen molar-refractivity contribution in [3.8, 4) is 0 Å². The maximum absolute atomic E-state index is 11.4. The molecule has 0 aliphatic carbocycles. The van der Waals surface area contributed by atoms with Crippen LogP contribution in [0, 0.1) is 0 Å². The number of nitrogens with zero attached hydrogens (tertiary/aromatic N) is 3. The van der Waals surface area contributed by atoms with Crippen molar-refractivity contribution in [3.63, 3.8) is 0 Å². The number of carbonyl (C=O) groups is 1. The summed E-state index contributed by atoms with van der Waals surface area (Å²) < 4.78 is 1.89. The number of thiazole rings is 1. The van der Waals surface area contributed by atoms with Crippen molar-refractivity contribution in [3.05, 3.63) is 40.1 Å². The lowest BCUT2D eigenvalue weighted by Crippen LogP contribution is -2.32. The van der Waals surface area contributed by atoms with Crippen LogP contribution in [-0.4, -0.2) is 38.2 Å². The van der Waals surface area contributed by atoms with E-state index in [-0.39, 0.29) is 10.4 Å². The maximum atomic E-state index is 11.4. The van der Waals surface area contributed by atoms with Crippen molar-refractivity contribution in [2.75, 3.05) is 13.1 Å². The fourth-order valence-electron chi connectivity index (χ4n) is 2.46. The predicted molar refractivity (Wildman–Crippen MR) is 91.0 cm³/mol. The molecule has 0 amide bonds. The van der Waals surface area contributed by atoms with Crippen LogP contribution in [0.1, 0.15) is 24.7 Å². The molecule has 3 heterocycles. The van der Waals surface area contributed by atoms with Crippen LogP contribution in [-0.2, 0) is 11.3 Å². The Morgan fingerprint density at radius 1 is 1.64 bits per heavy atom. The topological polar surface area (TPSA) is 59.8 Å². The van der Waals surface area contributed by atoms with Gasteiger partial charge in [-0.1, -0.05) is 11.8 Å². The maximum Gasteiger partial charge on any atom is 0.186 e. The highest BCUT2D eigenvalue weighted by atomic mass is 32.2. The SMILES string of the molecule is CC(=O)SC1CCNCC1=Cc1ccn(Cc2cscn2)n1. The van der Waals surface area contributed by atoms with Crippen molar-refractivity contribution < 1.29 is 4.79 Å². The molecule has 1 fully saturated rings. The molecule has 0 radical (unpaired) electrons. The van der Waals surface area contributed by atoms with Gasteiger partial charge in [0, 0.05) is 30.3 Å². The summed E-state index contributed by atoms with van der Waals surface area (Å²) in [5.41, 5.74) is 5.03. The molecule has 1 saturated heterocycles. The van der Waals surface area contributed by atoms with Gasteiger partial charge >= 0.3 is 0 Å². The van der Waals surface area contributed by atoms with Gasteiger partial charge in [-0.2, -0.15) is 5.10 Å². The molecule has 1 atom stereocenters. The Morgan fingerprint density at radius 2 is 2.55 bits per heavy atom. The van der Waals surface area contributed by atoms with E-state index in [4.69, 9.17) is 0 Å². The largest absolute Gasteiger partial charge is 0.313 e. The number of thioether (sulfide) groups is 1. The van der Waals surface area contributed by atoms with Crippen LogP contribution in [0.25, 0.3) is 6.08 Å². The zero-order valence-corrected chi connectivity index (χ0v) is 14.0. The highest BCUT2D eigenvalue weighted by molar-refractivity contribution is 8.14. The van der Waals surface area contributed by atoms with Crippen LogP contribution >= 0.6 is 23.1 Å². The summed E-state index contributed by atoms with van der Waals surface area (Å²) in [6, 6.07) is 2.00. The second-order valence-electron chi connectivity index (χ2n) is 5.20. The molecule has 0 saturated carbocycles. The minimum atomic E-state index is 0.173. The molecule has 7 heteroatoms. The zero-order chi connectivity index (χ0) is 15.4. The van der Waals surface area contributed by atoms with E-state index in [1.54, 1.807) is 18.3 Å². The van der Waals surface area contributed by atoms with E-state index in [0.29, 0.717) is 6.54 Å². The van der Waals surface area contributed by atoms with E-state index < -0.39 is 0 Å². The third-order valence-electron chi connectivity index (χ3n) is 3.44. The first-order valence-electron chi connectivity index (χ1n) is 7.19. The number of hydrogen-bond donors (Lipinski definition) is 1. The van der Waals surface area contributed by atoms with E-state index in [0.717, 1.165) is 30.9 Å². The Bertz CT molecular complexity index is 663. The monoisotopic (exact) mass is 334 g/mol. The lowest BCUT2D eigenvalue weighted by Gasteiger charge is -2.24. The first-order valence-corrected chi connectivity index (χ1v) is 9.02. The fourth-order valence-corrected chi connectivity index (χ4v) is 3.95. The molecular formula is C15H18N4OS2. The quantitative estimate of drug-likeness (QED) is 0.930. The molecular weight excluding hydrogens is 316 g/mol. The Morgan fingerprint density at radius 3 is 3.32 bits per heavy atom. The van der Waals surface area contributed by atoms with Crippen LogP contribution in [0.4, 0.5) is 0 Å². The molecule has 116 valence electrons. The van der Waals surface area contributed by atoms with Gasteiger partial charge in [-0.15, -0.1) is 11.3 Å². The number of aromatic nitrogens is 3. The van der Waals surface area contributed by atoms with Crippen LogP contribution in [0.5, 0.6) is 0 Å². The molecule has 2 aromatic heterocycles. The average molecular weight is 334 g/mol. The van der Waals surface area contributed by atoms with E-state index in [1.165, 1.54) is 17.3 Å². The summed E-state index contributed by atoms with van der Waals surface area (Å²) in [7, 11) is 0. The van der Waals surface area contributed by atoms with Gasteiger partial charge in [0.05, 0.1) is 23.4 Å². The molecule has 1 unspecified atom stereocenters. The van der Waals surface area contributed by atoms with Crippen molar-refractivity contribution in [1.82, 2.24) is 20.1 Å². The Hall–Kier alpha value is -1.44. The van der Waals surface area contributed by atoms with Crippen molar-refractivity contribution in [1.29, 1.82) is 0 Å².